The zero-order chi connectivity index (χ0) is 24.0. The van der Waals surface area contributed by atoms with Crippen molar-refractivity contribution in [3.63, 3.8) is 0 Å². The van der Waals surface area contributed by atoms with Gasteiger partial charge in [0.1, 0.15) is 16.3 Å². The van der Waals surface area contributed by atoms with Gasteiger partial charge in [-0.1, -0.05) is 23.5 Å². The van der Waals surface area contributed by atoms with Crippen LogP contribution in [0.3, 0.4) is 0 Å². The number of non-ortho nitro benzene ring substituents is 1. The fraction of sp³-hybridized carbons (Fsp3) is 0.0556. The maximum Gasteiger partial charge on any atom is 0.289 e. The number of aromatic hydroxyl groups is 1. The van der Waals surface area contributed by atoms with Crippen molar-refractivity contribution in [2.45, 2.75) is 6.42 Å². The van der Waals surface area contributed by atoms with Crippen molar-refractivity contribution in [3.05, 3.63) is 78.8 Å². The molecule has 1 aromatic heterocycles. The van der Waals surface area contributed by atoms with E-state index in [1.54, 1.807) is 18.2 Å². The molecule has 0 saturated carbocycles. The highest BCUT2D eigenvalue weighted by Gasteiger charge is 2.25. The number of nitro groups is 2. The van der Waals surface area contributed by atoms with Crippen molar-refractivity contribution >= 4 is 45.9 Å². The molecule has 0 unspecified atom stereocenters. The number of phenols is 1. The van der Waals surface area contributed by atoms with E-state index in [-0.39, 0.29) is 22.3 Å². The van der Waals surface area contributed by atoms with E-state index >= 15 is 0 Å². The Morgan fingerprint density at radius 2 is 1.88 bits per heavy atom. The van der Waals surface area contributed by atoms with E-state index in [0.717, 1.165) is 23.5 Å². The molecule has 2 amide bonds. The molecule has 14 nitrogen and oxygen atoms in total. The Bertz CT molecular complexity index is 1270. The molecule has 33 heavy (non-hydrogen) atoms. The molecule has 0 atom stereocenters. The van der Waals surface area contributed by atoms with Crippen LogP contribution < -0.4 is 10.7 Å². The number of rotatable bonds is 8. The van der Waals surface area contributed by atoms with Crippen LogP contribution in [0.5, 0.6) is 5.75 Å². The van der Waals surface area contributed by atoms with E-state index in [2.05, 4.69) is 26.0 Å². The van der Waals surface area contributed by atoms with Crippen molar-refractivity contribution in [2.24, 2.45) is 5.10 Å². The van der Waals surface area contributed by atoms with Crippen LogP contribution in [0.4, 0.5) is 16.5 Å². The molecule has 0 bridgehead atoms. The number of amides is 2. The summed E-state index contributed by atoms with van der Waals surface area (Å²) in [6.45, 7) is 0. The van der Waals surface area contributed by atoms with Crippen LogP contribution in [0, 0.1) is 20.2 Å². The van der Waals surface area contributed by atoms with E-state index in [1.807, 2.05) is 0 Å². The minimum absolute atomic E-state index is 0.00624. The topological polar surface area (TPSA) is 203 Å². The lowest BCUT2D eigenvalue weighted by molar-refractivity contribution is -0.394. The summed E-state index contributed by atoms with van der Waals surface area (Å²) in [5.74, 6) is -1.47. The third-order valence-electron chi connectivity index (χ3n) is 3.96. The van der Waals surface area contributed by atoms with Gasteiger partial charge in [0.15, 0.2) is 0 Å². The molecule has 2 aromatic carbocycles. The van der Waals surface area contributed by atoms with Gasteiger partial charge in [-0.15, -0.1) is 10.2 Å². The molecule has 0 saturated heterocycles. The fourth-order valence-corrected chi connectivity index (χ4v) is 3.20. The smallest absolute Gasteiger partial charge is 0.289 e. The first-order chi connectivity index (χ1) is 15.7. The summed E-state index contributed by atoms with van der Waals surface area (Å²) in [5, 5.41) is 45.3. The van der Waals surface area contributed by atoms with Gasteiger partial charge in [-0.2, -0.15) is 5.10 Å². The molecule has 15 heteroatoms. The molecule has 3 rings (SSSR count). The molecule has 0 radical (unpaired) electrons. The van der Waals surface area contributed by atoms with Gasteiger partial charge in [0.2, 0.25) is 11.0 Å². The monoisotopic (exact) mass is 471 g/mol. The predicted molar refractivity (Wildman–Crippen MR) is 115 cm³/mol. The summed E-state index contributed by atoms with van der Waals surface area (Å²) >= 11 is 0.854. The number of hydrogen-bond donors (Lipinski definition) is 3. The van der Waals surface area contributed by atoms with Crippen molar-refractivity contribution < 1.29 is 24.5 Å². The summed E-state index contributed by atoms with van der Waals surface area (Å²) in [4.78, 5) is 44.6. The Labute approximate surface area is 187 Å². The molecule has 0 aliphatic heterocycles. The van der Waals surface area contributed by atoms with Crippen LogP contribution >= 0.6 is 11.3 Å². The molecule has 0 fully saturated rings. The van der Waals surface area contributed by atoms with Gasteiger partial charge in [-0.05, 0) is 18.2 Å². The maximum absolute atomic E-state index is 12.4. The number of carbonyl (C=O) groups excluding carboxylic acids is 2. The highest BCUT2D eigenvalue weighted by atomic mass is 32.1. The number of nitrogens with zero attached hydrogens (tertiary/aromatic N) is 5. The number of nitrogens with one attached hydrogen (secondary N) is 2. The van der Waals surface area contributed by atoms with Crippen LogP contribution in [0.15, 0.2) is 47.6 Å². The third-order valence-corrected chi connectivity index (χ3v) is 4.80. The Morgan fingerprint density at radius 3 is 2.58 bits per heavy atom. The summed E-state index contributed by atoms with van der Waals surface area (Å²) in [5.41, 5.74) is 0.979. The Balaban J connectivity index is 1.62. The third kappa shape index (κ3) is 5.88. The predicted octanol–water partition coefficient (Wildman–Crippen LogP) is 2.01. The van der Waals surface area contributed by atoms with E-state index in [9.17, 15) is 34.9 Å². The van der Waals surface area contributed by atoms with E-state index in [1.165, 1.54) is 12.3 Å². The number of phenolic OH excluding ortho intramolecular Hbond substituents is 1. The van der Waals surface area contributed by atoms with Crippen LogP contribution in [0.2, 0.25) is 0 Å². The van der Waals surface area contributed by atoms with Gasteiger partial charge in [0, 0.05) is 11.6 Å². The number of benzene rings is 2. The average Bonchev–Trinajstić information content (AvgIpc) is 3.20. The molecule has 0 aliphatic rings. The number of carbonyl (C=O) groups is 2. The number of hydrogen-bond acceptors (Lipinski definition) is 11. The first-order valence-electron chi connectivity index (χ1n) is 8.91. The Morgan fingerprint density at radius 1 is 1.12 bits per heavy atom. The summed E-state index contributed by atoms with van der Waals surface area (Å²) < 4.78 is 0. The second-order valence-electron chi connectivity index (χ2n) is 6.20. The maximum atomic E-state index is 12.4. The number of para-hydroxylation sites is 1. The van der Waals surface area contributed by atoms with Crippen LogP contribution in [0.1, 0.15) is 20.9 Å². The zero-order valence-electron chi connectivity index (χ0n) is 16.4. The van der Waals surface area contributed by atoms with E-state index in [0.29, 0.717) is 11.6 Å². The SMILES string of the molecule is O=C(Cc1nnc(NC(=O)c2ccc([N+](=O)[O-])cc2[N+](=O)[O-])s1)N/N=C\c1ccccc1O. The quantitative estimate of drug-likeness (QED) is 0.249. The molecular weight excluding hydrogens is 458 g/mol. The highest BCUT2D eigenvalue weighted by Crippen LogP contribution is 2.26. The molecule has 3 aromatic rings. The van der Waals surface area contributed by atoms with Crippen molar-refractivity contribution in [2.75, 3.05) is 5.32 Å². The summed E-state index contributed by atoms with van der Waals surface area (Å²) in [6.07, 6.45) is 1.04. The largest absolute Gasteiger partial charge is 0.507 e. The average molecular weight is 471 g/mol. The Hall–Kier alpha value is -4.79. The lowest BCUT2D eigenvalue weighted by Crippen LogP contribution is -2.19. The number of anilines is 1. The molecule has 168 valence electrons. The highest BCUT2D eigenvalue weighted by molar-refractivity contribution is 7.15. The fourth-order valence-electron chi connectivity index (χ4n) is 2.46. The normalized spacial score (nSPS) is 10.7. The number of nitro benzene ring substituents is 2. The molecular formula is C18H13N7O7S. The van der Waals surface area contributed by atoms with Gasteiger partial charge in [-0.3, -0.25) is 35.1 Å². The van der Waals surface area contributed by atoms with E-state index in [4.69, 9.17) is 0 Å². The van der Waals surface area contributed by atoms with Gasteiger partial charge < -0.3 is 5.11 Å². The van der Waals surface area contributed by atoms with E-state index < -0.39 is 38.6 Å². The van der Waals surface area contributed by atoms with Crippen molar-refractivity contribution in [1.29, 1.82) is 0 Å². The first kappa shape index (κ1) is 22.9. The minimum Gasteiger partial charge on any atom is -0.507 e. The molecule has 3 N–H and O–H groups in total. The standard InChI is InChI=1S/C18H13N7O7S/c26-14-4-2-1-3-10(14)9-19-21-15(27)8-16-22-23-18(33-16)20-17(28)12-6-5-11(24(29)30)7-13(12)25(31)32/h1-7,9,26H,8H2,(H,21,27)(H,20,23,28)/b19-9-. The lowest BCUT2D eigenvalue weighted by atomic mass is 10.1. The summed E-state index contributed by atoms with van der Waals surface area (Å²) in [6, 6.07) is 8.99. The van der Waals surface area contributed by atoms with Crippen molar-refractivity contribution in [1.82, 2.24) is 15.6 Å². The molecule has 0 aliphatic carbocycles. The van der Waals surface area contributed by atoms with Crippen LogP contribution in [-0.2, 0) is 11.2 Å². The lowest BCUT2D eigenvalue weighted by Gasteiger charge is -2.02. The zero-order valence-corrected chi connectivity index (χ0v) is 17.2. The molecule has 1 heterocycles. The number of hydrazone groups is 1. The van der Waals surface area contributed by atoms with Gasteiger partial charge in [-0.25, -0.2) is 5.43 Å². The summed E-state index contributed by atoms with van der Waals surface area (Å²) in [7, 11) is 0. The second kappa shape index (κ2) is 10.0. The second-order valence-corrected chi connectivity index (χ2v) is 7.26. The molecule has 0 spiro atoms. The minimum atomic E-state index is -0.920. The van der Waals surface area contributed by atoms with Crippen LogP contribution in [0.25, 0.3) is 0 Å². The Kier molecular flexibility index (Phi) is 6.94. The first-order valence-corrected chi connectivity index (χ1v) is 9.72. The van der Waals surface area contributed by atoms with Gasteiger partial charge >= 0.3 is 0 Å². The number of aromatic nitrogens is 2. The van der Waals surface area contributed by atoms with Crippen LogP contribution in [-0.4, -0.2) is 43.2 Å². The van der Waals surface area contributed by atoms with Crippen molar-refractivity contribution in [3.8, 4) is 5.75 Å². The van der Waals surface area contributed by atoms with Gasteiger partial charge in [0.25, 0.3) is 17.3 Å². The van der Waals surface area contributed by atoms with Gasteiger partial charge in [0.05, 0.1) is 28.5 Å².